The lowest BCUT2D eigenvalue weighted by atomic mass is 9.82. The van der Waals surface area contributed by atoms with Gasteiger partial charge in [0, 0.05) is 6.61 Å². The number of hydrogen-bond acceptors (Lipinski definition) is 2. The molecule has 0 saturated heterocycles. The smallest absolute Gasteiger partial charge is 0.307 e. The van der Waals surface area contributed by atoms with Crippen LogP contribution in [-0.4, -0.2) is 24.3 Å². The highest BCUT2D eigenvalue weighted by molar-refractivity contribution is 5.70. The number of rotatable bonds is 6. The molecule has 2 unspecified atom stereocenters. The summed E-state index contributed by atoms with van der Waals surface area (Å²) in [4.78, 5) is 11.0. The lowest BCUT2D eigenvalue weighted by Crippen LogP contribution is -2.25. The normalized spacial score (nSPS) is 25.1. The Morgan fingerprint density at radius 3 is 3.13 bits per heavy atom. The maximum absolute atomic E-state index is 11.0. The van der Waals surface area contributed by atoms with Gasteiger partial charge >= 0.3 is 5.97 Å². The molecule has 0 aromatic carbocycles. The van der Waals surface area contributed by atoms with E-state index in [2.05, 4.69) is 12.7 Å². The van der Waals surface area contributed by atoms with Crippen LogP contribution in [-0.2, 0) is 9.53 Å². The van der Waals surface area contributed by atoms with E-state index in [-0.39, 0.29) is 11.8 Å². The first kappa shape index (κ1) is 12.0. The second-order valence-electron chi connectivity index (χ2n) is 3.77. The highest BCUT2D eigenvalue weighted by Crippen LogP contribution is 2.27. The first-order valence-electron chi connectivity index (χ1n) is 5.33. The number of ether oxygens (including phenoxy) is 1. The Morgan fingerprint density at radius 1 is 1.67 bits per heavy atom. The quantitative estimate of drug-likeness (QED) is 0.540. The Balaban J connectivity index is 2.36. The highest BCUT2D eigenvalue weighted by atomic mass is 16.5. The predicted molar refractivity (Wildman–Crippen MR) is 58.6 cm³/mol. The fraction of sp³-hybridized carbons (Fsp3) is 0.583. The van der Waals surface area contributed by atoms with Crippen LogP contribution in [0.15, 0.2) is 24.8 Å². The molecule has 0 aliphatic heterocycles. The number of carbonyl (C=O) groups is 1. The van der Waals surface area contributed by atoms with Gasteiger partial charge in [0.25, 0.3) is 0 Å². The van der Waals surface area contributed by atoms with Crippen molar-refractivity contribution in [3.05, 3.63) is 24.8 Å². The topological polar surface area (TPSA) is 46.5 Å². The Kier molecular flexibility index (Phi) is 5.12. The molecule has 1 N–H and O–H groups in total. The van der Waals surface area contributed by atoms with Crippen molar-refractivity contribution in [3.8, 4) is 0 Å². The van der Waals surface area contributed by atoms with Crippen LogP contribution in [0.2, 0.25) is 0 Å². The third kappa shape index (κ3) is 3.88. The summed E-state index contributed by atoms with van der Waals surface area (Å²) in [5.41, 5.74) is 0. The van der Waals surface area contributed by atoms with Gasteiger partial charge in [0.15, 0.2) is 0 Å². The van der Waals surface area contributed by atoms with Crippen molar-refractivity contribution in [2.45, 2.75) is 19.3 Å². The predicted octanol–water partition coefficient (Wildman–Crippen LogP) is 2.25. The van der Waals surface area contributed by atoms with Crippen molar-refractivity contribution in [1.82, 2.24) is 0 Å². The van der Waals surface area contributed by atoms with Crippen LogP contribution in [0, 0.1) is 11.8 Å². The molecule has 15 heavy (non-hydrogen) atoms. The third-order valence-corrected chi connectivity index (χ3v) is 2.69. The van der Waals surface area contributed by atoms with Gasteiger partial charge in [-0.1, -0.05) is 18.2 Å². The summed E-state index contributed by atoms with van der Waals surface area (Å²) in [5, 5.41) is 9.02. The molecule has 0 radical (unpaired) electrons. The van der Waals surface area contributed by atoms with Crippen LogP contribution in [0.25, 0.3) is 0 Å². The molecule has 0 bridgehead atoms. The fourth-order valence-corrected chi connectivity index (χ4v) is 1.89. The number of carboxylic acid groups (broad SMARTS) is 1. The van der Waals surface area contributed by atoms with E-state index < -0.39 is 5.97 Å². The zero-order valence-electron chi connectivity index (χ0n) is 8.89. The first-order valence-corrected chi connectivity index (χ1v) is 5.33. The summed E-state index contributed by atoms with van der Waals surface area (Å²) >= 11 is 0. The fourth-order valence-electron chi connectivity index (χ4n) is 1.89. The van der Waals surface area contributed by atoms with E-state index in [0.717, 1.165) is 19.3 Å². The molecule has 0 spiro atoms. The van der Waals surface area contributed by atoms with Crippen molar-refractivity contribution >= 4 is 5.97 Å². The van der Waals surface area contributed by atoms with Crippen LogP contribution >= 0.6 is 0 Å². The van der Waals surface area contributed by atoms with Crippen molar-refractivity contribution in [3.63, 3.8) is 0 Å². The van der Waals surface area contributed by atoms with Crippen LogP contribution in [0.1, 0.15) is 19.3 Å². The van der Waals surface area contributed by atoms with Gasteiger partial charge in [-0.05, 0) is 25.2 Å². The summed E-state index contributed by atoms with van der Waals surface area (Å²) in [6.07, 6.45) is 8.18. The van der Waals surface area contributed by atoms with Crippen molar-refractivity contribution < 1.29 is 14.6 Å². The summed E-state index contributed by atoms with van der Waals surface area (Å²) in [6, 6.07) is 0. The number of hydrogen-bond donors (Lipinski definition) is 1. The zero-order chi connectivity index (χ0) is 11.1. The van der Waals surface area contributed by atoms with Crippen LogP contribution < -0.4 is 0 Å². The van der Waals surface area contributed by atoms with Gasteiger partial charge < -0.3 is 9.84 Å². The minimum absolute atomic E-state index is 0.126. The number of aliphatic carboxylic acids is 1. The molecule has 3 nitrogen and oxygen atoms in total. The highest BCUT2D eigenvalue weighted by Gasteiger charge is 2.27. The van der Waals surface area contributed by atoms with Crippen molar-refractivity contribution in [1.29, 1.82) is 0 Å². The molecule has 0 fully saturated rings. The van der Waals surface area contributed by atoms with Gasteiger partial charge in [0.05, 0.1) is 12.5 Å². The minimum Gasteiger partial charge on any atom is -0.481 e. The van der Waals surface area contributed by atoms with E-state index in [9.17, 15) is 4.79 Å². The largest absolute Gasteiger partial charge is 0.481 e. The molecular formula is C12H18O3. The van der Waals surface area contributed by atoms with E-state index >= 15 is 0 Å². The Bertz CT molecular complexity index is 245. The van der Waals surface area contributed by atoms with Crippen molar-refractivity contribution in [2.75, 3.05) is 13.2 Å². The molecule has 0 heterocycles. The van der Waals surface area contributed by atoms with E-state index in [4.69, 9.17) is 9.84 Å². The second-order valence-corrected chi connectivity index (χ2v) is 3.77. The molecule has 0 saturated carbocycles. The summed E-state index contributed by atoms with van der Waals surface area (Å²) in [6.45, 7) is 4.69. The maximum atomic E-state index is 11.0. The molecular weight excluding hydrogens is 192 g/mol. The SMILES string of the molecule is C=CCOCCC1C=CCCC1C(=O)O. The van der Waals surface area contributed by atoms with Gasteiger partial charge in [0.1, 0.15) is 0 Å². The maximum Gasteiger partial charge on any atom is 0.307 e. The monoisotopic (exact) mass is 210 g/mol. The van der Waals surface area contributed by atoms with E-state index in [1.165, 1.54) is 0 Å². The molecule has 84 valence electrons. The van der Waals surface area contributed by atoms with Crippen molar-refractivity contribution in [2.24, 2.45) is 11.8 Å². The van der Waals surface area contributed by atoms with Gasteiger partial charge in [-0.3, -0.25) is 4.79 Å². The number of carboxylic acids is 1. The zero-order valence-corrected chi connectivity index (χ0v) is 8.89. The first-order chi connectivity index (χ1) is 7.25. The summed E-state index contributed by atoms with van der Waals surface area (Å²) in [5.74, 6) is -0.795. The molecule has 0 aromatic heterocycles. The van der Waals surface area contributed by atoms with Crippen LogP contribution in [0.3, 0.4) is 0 Å². The average molecular weight is 210 g/mol. The van der Waals surface area contributed by atoms with Gasteiger partial charge in [-0.2, -0.15) is 0 Å². The Labute approximate surface area is 90.4 Å². The lowest BCUT2D eigenvalue weighted by molar-refractivity contribution is -0.143. The number of allylic oxidation sites excluding steroid dienone is 2. The van der Waals surface area contributed by atoms with E-state index in [1.54, 1.807) is 6.08 Å². The van der Waals surface area contributed by atoms with E-state index in [1.807, 2.05) is 6.08 Å². The molecule has 0 aromatic rings. The van der Waals surface area contributed by atoms with Gasteiger partial charge in [-0.15, -0.1) is 6.58 Å². The summed E-state index contributed by atoms with van der Waals surface area (Å²) < 4.78 is 5.27. The molecule has 2 atom stereocenters. The van der Waals surface area contributed by atoms with Gasteiger partial charge in [0.2, 0.25) is 0 Å². The molecule has 1 rings (SSSR count). The molecule has 3 heteroatoms. The minimum atomic E-state index is -0.687. The van der Waals surface area contributed by atoms with Crippen LogP contribution in [0.4, 0.5) is 0 Å². The van der Waals surface area contributed by atoms with E-state index in [0.29, 0.717) is 13.2 Å². The van der Waals surface area contributed by atoms with Crippen LogP contribution in [0.5, 0.6) is 0 Å². The molecule has 0 amide bonds. The standard InChI is InChI=1S/C12H18O3/c1-2-8-15-9-7-10-5-3-4-6-11(10)12(13)14/h2-3,5,10-11H,1,4,6-9H2,(H,13,14). The summed E-state index contributed by atoms with van der Waals surface area (Å²) in [7, 11) is 0. The lowest BCUT2D eigenvalue weighted by Gasteiger charge is -2.23. The average Bonchev–Trinajstić information content (AvgIpc) is 2.25. The van der Waals surface area contributed by atoms with Gasteiger partial charge in [-0.25, -0.2) is 0 Å². The Morgan fingerprint density at radius 2 is 2.47 bits per heavy atom. The molecule has 1 aliphatic rings. The molecule has 1 aliphatic carbocycles. The second kappa shape index (κ2) is 6.40. The third-order valence-electron chi connectivity index (χ3n) is 2.69. The Hall–Kier alpha value is -1.09.